The van der Waals surface area contributed by atoms with Crippen molar-refractivity contribution in [2.45, 2.75) is 24.8 Å². The van der Waals surface area contributed by atoms with E-state index >= 15 is 0 Å². The maximum atomic E-state index is 12.5. The molecule has 0 radical (unpaired) electrons. The molecule has 7 heteroatoms. The number of fused-ring (bicyclic) bond motifs is 1. The van der Waals surface area contributed by atoms with Gasteiger partial charge in [0.15, 0.2) is 9.84 Å². The summed E-state index contributed by atoms with van der Waals surface area (Å²) in [7, 11) is -3.34. The first-order chi connectivity index (χ1) is 11.0. The van der Waals surface area contributed by atoms with Crippen LogP contribution in [0.2, 0.25) is 0 Å². The monoisotopic (exact) mass is 347 g/mol. The first-order valence-corrected chi connectivity index (χ1v) is 9.73. The predicted molar refractivity (Wildman–Crippen MR) is 93.7 cm³/mol. The fraction of sp³-hybridized carbons (Fsp3) is 0.250. The van der Waals surface area contributed by atoms with Gasteiger partial charge in [-0.25, -0.2) is 18.4 Å². The van der Waals surface area contributed by atoms with Crippen LogP contribution in [0.25, 0.3) is 10.2 Å². The Labute approximate surface area is 139 Å². The van der Waals surface area contributed by atoms with Crippen molar-refractivity contribution < 1.29 is 8.42 Å². The van der Waals surface area contributed by atoms with Crippen LogP contribution < -0.4 is 5.32 Å². The number of aryl methyl sites for hydroxylation is 1. The van der Waals surface area contributed by atoms with Gasteiger partial charge in [-0.2, -0.15) is 0 Å². The zero-order chi connectivity index (χ0) is 16.4. The van der Waals surface area contributed by atoms with E-state index in [-0.39, 0.29) is 11.8 Å². The molecule has 1 N–H and O–H groups in total. The van der Waals surface area contributed by atoms with Crippen molar-refractivity contribution in [3.05, 3.63) is 47.6 Å². The maximum absolute atomic E-state index is 12.5. The van der Waals surface area contributed by atoms with Gasteiger partial charge in [0.05, 0.1) is 20.9 Å². The maximum Gasteiger partial charge on any atom is 0.180 e. The van der Waals surface area contributed by atoms with E-state index in [1.807, 2.05) is 37.4 Å². The van der Waals surface area contributed by atoms with Crippen LogP contribution in [0.1, 0.15) is 12.5 Å². The number of nitrogens with zero attached hydrogens (tertiary/aromatic N) is 2. The molecule has 2 aromatic heterocycles. The molecule has 3 aromatic rings. The number of aromatic nitrogens is 2. The molecule has 2 heterocycles. The van der Waals surface area contributed by atoms with Gasteiger partial charge in [-0.05, 0) is 37.4 Å². The molecule has 120 valence electrons. The number of sulfone groups is 1. The summed E-state index contributed by atoms with van der Waals surface area (Å²) in [5.41, 5.74) is 1.90. The Kier molecular flexibility index (Phi) is 4.32. The van der Waals surface area contributed by atoms with Crippen molar-refractivity contribution >= 4 is 37.2 Å². The van der Waals surface area contributed by atoms with Crippen LogP contribution in [0.15, 0.2) is 46.9 Å². The number of hydrogen-bond donors (Lipinski definition) is 1. The van der Waals surface area contributed by atoms with Crippen LogP contribution in [0.5, 0.6) is 0 Å². The van der Waals surface area contributed by atoms with Gasteiger partial charge in [-0.15, -0.1) is 11.3 Å². The molecular weight excluding hydrogens is 330 g/mol. The van der Waals surface area contributed by atoms with Gasteiger partial charge in [0.1, 0.15) is 12.1 Å². The summed E-state index contributed by atoms with van der Waals surface area (Å²) in [6.45, 7) is 3.77. The summed E-state index contributed by atoms with van der Waals surface area (Å²) in [5.74, 6) is 0.684. The second-order valence-electron chi connectivity index (χ2n) is 5.50. The van der Waals surface area contributed by atoms with Crippen molar-refractivity contribution in [2.75, 3.05) is 11.1 Å². The Hall–Kier alpha value is -1.99. The second kappa shape index (κ2) is 6.25. The number of hydrogen-bond acceptors (Lipinski definition) is 6. The molecule has 1 aromatic carbocycles. The minimum atomic E-state index is -3.34. The highest BCUT2D eigenvalue weighted by molar-refractivity contribution is 7.91. The van der Waals surface area contributed by atoms with Gasteiger partial charge in [0.25, 0.3) is 0 Å². The third kappa shape index (κ3) is 3.51. The van der Waals surface area contributed by atoms with Crippen LogP contribution >= 0.6 is 11.3 Å². The van der Waals surface area contributed by atoms with Gasteiger partial charge in [-0.1, -0.05) is 17.7 Å². The fourth-order valence-corrected chi connectivity index (χ4v) is 4.62. The van der Waals surface area contributed by atoms with Crippen molar-refractivity contribution in [2.24, 2.45) is 0 Å². The van der Waals surface area contributed by atoms with E-state index in [9.17, 15) is 8.42 Å². The molecule has 23 heavy (non-hydrogen) atoms. The van der Waals surface area contributed by atoms with Crippen LogP contribution in [-0.4, -0.2) is 30.2 Å². The van der Waals surface area contributed by atoms with E-state index in [0.717, 1.165) is 15.8 Å². The van der Waals surface area contributed by atoms with E-state index in [2.05, 4.69) is 15.3 Å². The van der Waals surface area contributed by atoms with Crippen LogP contribution in [0.3, 0.4) is 0 Å². The topological polar surface area (TPSA) is 72.0 Å². The Morgan fingerprint density at radius 3 is 2.65 bits per heavy atom. The SMILES string of the molecule is Cc1ccc(S(=O)(=O)CC(C)Nc2ncnc3ccsc23)cc1. The Morgan fingerprint density at radius 1 is 1.17 bits per heavy atom. The van der Waals surface area contributed by atoms with E-state index < -0.39 is 9.84 Å². The van der Waals surface area contributed by atoms with Gasteiger partial charge in [0, 0.05) is 6.04 Å². The molecule has 0 bridgehead atoms. The average molecular weight is 347 g/mol. The summed E-state index contributed by atoms with van der Waals surface area (Å²) >= 11 is 1.53. The average Bonchev–Trinajstić information content (AvgIpc) is 2.96. The first kappa shape index (κ1) is 15.9. The highest BCUT2D eigenvalue weighted by atomic mass is 32.2. The fourth-order valence-electron chi connectivity index (χ4n) is 2.34. The lowest BCUT2D eigenvalue weighted by Crippen LogP contribution is -2.26. The number of rotatable bonds is 5. The van der Waals surface area contributed by atoms with Crippen molar-refractivity contribution in [3.63, 3.8) is 0 Å². The van der Waals surface area contributed by atoms with Crippen LogP contribution in [0.4, 0.5) is 5.82 Å². The van der Waals surface area contributed by atoms with E-state index in [4.69, 9.17) is 0 Å². The van der Waals surface area contributed by atoms with Crippen LogP contribution in [0, 0.1) is 6.92 Å². The van der Waals surface area contributed by atoms with E-state index in [1.165, 1.54) is 17.7 Å². The zero-order valence-electron chi connectivity index (χ0n) is 12.9. The Morgan fingerprint density at radius 2 is 1.91 bits per heavy atom. The number of anilines is 1. The molecule has 0 amide bonds. The number of thiophene rings is 1. The van der Waals surface area contributed by atoms with Crippen molar-refractivity contribution in [3.8, 4) is 0 Å². The van der Waals surface area contributed by atoms with Gasteiger partial charge >= 0.3 is 0 Å². The normalized spacial score (nSPS) is 13.1. The van der Waals surface area contributed by atoms with Crippen molar-refractivity contribution in [1.82, 2.24) is 9.97 Å². The molecular formula is C16H17N3O2S2. The Balaban J connectivity index is 1.77. The minimum absolute atomic E-state index is 0.00688. The summed E-state index contributed by atoms with van der Waals surface area (Å²) in [5, 5.41) is 5.13. The largest absolute Gasteiger partial charge is 0.365 e. The highest BCUT2D eigenvalue weighted by Gasteiger charge is 2.19. The summed E-state index contributed by atoms with van der Waals surface area (Å²) in [6.07, 6.45) is 1.48. The third-order valence-electron chi connectivity index (χ3n) is 3.48. The molecule has 1 unspecified atom stereocenters. The van der Waals surface area contributed by atoms with E-state index in [1.54, 1.807) is 12.1 Å². The molecule has 0 spiro atoms. The number of benzene rings is 1. The van der Waals surface area contributed by atoms with Gasteiger partial charge < -0.3 is 5.32 Å². The van der Waals surface area contributed by atoms with Crippen molar-refractivity contribution in [1.29, 1.82) is 0 Å². The van der Waals surface area contributed by atoms with Gasteiger partial charge in [-0.3, -0.25) is 0 Å². The quantitative estimate of drug-likeness (QED) is 0.767. The lowest BCUT2D eigenvalue weighted by Gasteiger charge is -2.15. The lowest BCUT2D eigenvalue weighted by atomic mass is 10.2. The molecule has 1 atom stereocenters. The molecule has 0 aliphatic carbocycles. The summed E-state index contributed by atoms with van der Waals surface area (Å²) < 4.78 is 25.9. The second-order valence-corrected chi connectivity index (χ2v) is 8.45. The third-order valence-corrected chi connectivity index (χ3v) is 6.32. The van der Waals surface area contributed by atoms with Crippen LogP contribution in [-0.2, 0) is 9.84 Å². The smallest absolute Gasteiger partial charge is 0.180 e. The molecule has 0 saturated carbocycles. The molecule has 0 fully saturated rings. The predicted octanol–water partition coefficient (Wildman–Crippen LogP) is 3.27. The molecule has 3 rings (SSSR count). The highest BCUT2D eigenvalue weighted by Crippen LogP contribution is 2.25. The number of nitrogens with one attached hydrogen (secondary N) is 1. The summed E-state index contributed by atoms with van der Waals surface area (Å²) in [4.78, 5) is 8.76. The van der Waals surface area contributed by atoms with Gasteiger partial charge in [0.2, 0.25) is 0 Å². The lowest BCUT2D eigenvalue weighted by molar-refractivity contribution is 0.592. The Bertz CT molecular complexity index is 918. The van der Waals surface area contributed by atoms with E-state index in [0.29, 0.717) is 10.7 Å². The molecule has 5 nitrogen and oxygen atoms in total. The minimum Gasteiger partial charge on any atom is -0.365 e. The molecule has 0 aliphatic rings. The zero-order valence-corrected chi connectivity index (χ0v) is 14.5. The standard InChI is InChI=1S/C16H17N3O2S2/c1-11-3-5-13(6-4-11)23(20,21)9-12(2)19-16-15-14(7-8-22-15)17-10-18-16/h3-8,10,12H,9H2,1-2H3,(H,17,18,19). The summed E-state index contributed by atoms with van der Waals surface area (Å²) in [6, 6.07) is 8.58. The molecule has 0 saturated heterocycles. The molecule has 0 aliphatic heterocycles. The first-order valence-electron chi connectivity index (χ1n) is 7.20.